The van der Waals surface area contributed by atoms with Crippen LogP contribution in [0.1, 0.15) is 13.3 Å². The molecule has 1 fully saturated rings. The maximum Gasteiger partial charge on any atom is 0.144 e. The number of allylic oxidation sites excluding steroid dienone is 4. The van der Waals surface area contributed by atoms with Crippen molar-refractivity contribution in [3.05, 3.63) is 54.5 Å². The third kappa shape index (κ3) is 4.46. The Kier molecular flexibility index (Phi) is 5.74. The smallest absolute Gasteiger partial charge is 0.144 e. The molecule has 2 aromatic rings. The molecule has 6 nitrogen and oxygen atoms in total. The van der Waals surface area contributed by atoms with Gasteiger partial charge in [0.1, 0.15) is 24.0 Å². The maximum absolute atomic E-state index is 6.21. The summed E-state index contributed by atoms with van der Waals surface area (Å²) in [5, 5.41) is 4.04. The molecule has 2 heterocycles. The number of rotatable bonds is 6. The molecule has 0 radical (unpaired) electrons. The van der Waals surface area contributed by atoms with Crippen LogP contribution in [0.4, 0.5) is 11.5 Å². The summed E-state index contributed by atoms with van der Waals surface area (Å²) in [6.45, 7) is 7.00. The van der Waals surface area contributed by atoms with Crippen molar-refractivity contribution in [2.45, 2.75) is 19.4 Å². The number of terminal acetylenes is 1. The first-order valence-electron chi connectivity index (χ1n) is 8.66. The van der Waals surface area contributed by atoms with Crippen molar-refractivity contribution in [3.8, 4) is 18.1 Å². The van der Waals surface area contributed by atoms with Gasteiger partial charge in [-0.15, -0.1) is 6.42 Å². The average molecular weight is 362 g/mol. The largest absolute Gasteiger partial charge is 0.486 e. The highest BCUT2D eigenvalue weighted by atomic mass is 16.5. The zero-order valence-corrected chi connectivity index (χ0v) is 15.2. The van der Waals surface area contributed by atoms with E-state index in [9.17, 15) is 0 Å². The lowest BCUT2D eigenvalue weighted by atomic mass is 10.1. The summed E-state index contributed by atoms with van der Waals surface area (Å²) in [5.74, 6) is 3.73. The van der Waals surface area contributed by atoms with E-state index in [4.69, 9.17) is 21.6 Å². The highest BCUT2D eigenvalue weighted by Crippen LogP contribution is 2.32. The standard InChI is InChI=1S/C21H22N4O2/c1-4-6-15(9-14(3)5-2)25-21-17-10-18(22)20(11-19(17)23-13-24-21)27-16-7-8-26-12-16/h2,4,6,9-11,13,16H,3,7-8,12,22H2,1H3,(H,23,24,25)/b6-4-,15-9+. The number of nitrogens with two attached hydrogens (primary N) is 1. The molecule has 6 heteroatoms. The topological polar surface area (TPSA) is 82.3 Å². The van der Waals surface area contributed by atoms with Gasteiger partial charge in [-0.2, -0.15) is 0 Å². The number of ether oxygens (including phenoxy) is 2. The normalized spacial score (nSPS) is 17.2. The molecule has 138 valence electrons. The van der Waals surface area contributed by atoms with Crippen molar-refractivity contribution in [1.29, 1.82) is 0 Å². The van der Waals surface area contributed by atoms with Crippen molar-refractivity contribution in [1.82, 2.24) is 9.97 Å². The van der Waals surface area contributed by atoms with Crippen LogP contribution in [0.5, 0.6) is 5.75 Å². The Bertz CT molecular complexity index is 951. The molecule has 0 spiro atoms. The molecule has 1 aromatic carbocycles. The lowest BCUT2D eigenvalue weighted by molar-refractivity contribution is 0.142. The molecule has 0 saturated carbocycles. The summed E-state index contributed by atoms with van der Waals surface area (Å²) in [7, 11) is 0. The number of fused-ring (bicyclic) bond motifs is 1. The fraction of sp³-hybridized carbons (Fsp3) is 0.238. The van der Waals surface area contributed by atoms with E-state index >= 15 is 0 Å². The van der Waals surface area contributed by atoms with Gasteiger partial charge in [-0.1, -0.05) is 18.6 Å². The molecular weight excluding hydrogens is 340 g/mol. The Morgan fingerprint density at radius 1 is 1.48 bits per heavy atom. The minimum atomic E-state index is 0.0168. The second kappa shape index (κ2) is 8.39. The molecule has 3 N–H and O–H groups in total. The number of hydrogen-bond donors (Lipinski definition) is 2. The van der Waals surface area contributed by atoms with Gasteiger partial charge in [0.05, 0.1) is 24.4 Å². The van der Waals surface area contributed by atoms with Crippen molar-refractivity contribution in [2.75, 3.05) is 24.3 Å². The quantitative estimate of drug-likeness (QED) is 0.465. The van der Waals surface area contributed by atoms with Crippen LogP contribution >= 0.6 is 0 Å². The van der Waals surface area contributed by atoms with Crippen molar-refractivity contribution in [2.24, 2.45) is 0 Å². The van der Waals surface area contributed by atoms with Crippen LogP contribution in [0.2, 0.25) is 0 Å². The van der Waals surface area contributed by atoms with E-state index in [0.717, 1.165) is 23.0 Å². The average Bonchev–Trinajstić information content (AvgIpc) is 3.16. The second-order valence-electron chi connectivity index (χ2n) is 6.13. The van der Waals surface area contributed by atoms with Crippen LogP contribution in [0.3, 0.4) is 0 Å². The Hall–Kier alpha value is -3.30. The van der Waals surface area contributed by atoms with E-state index < -0.39 is 0 Å². The van der Waals surface area contributed by atoms with E-state index in [2.05, 4.69) is 27.8 Å². The summed E-state index contributed by atoms with van der Waals surface area (Å²) in [4.78, 5) is 8.68. The molecule has 1 aliphatic heterocycles. The van der Waals surface area contributed by atoms with E-state index in [1.54, 1.807) is 6.08 Å². The first-order chi connectivity index (χ1) is 13.1. The van der Waals surface area contributed by atoms with Gasteiger partial charge in [0, 0.05) is 29.1 Å². The summed E-state index contributed by atoms with van der Waals surface area (Å²) in [6, 6.07) is 3.64. The van der Waals surface area contributed by atoms with Gasteiger partial charge in [-0.05, 0) is 25.1 Å². The zero-order chi connectivity index (χ0) is 19.2. The minimum Gasteiger partial charge on any atom is -0.486 e. The number of nitrogens with one attached hydrogen (secondary N) is 1. The van der Waals surface area contributed by atoms with E-state index in [-0.39, 0.29) is 6.10 Å². The summed E-state index contributed by atoms with van der Waals surface area (Å²) >= 11 is 0. The third-order valence-corrected chi connectivity index (χ3v) is 4.07. The van der Waals surface area contributed by atoms with Crippen LogP contribution < -0.4 is 15.8 Å². The molecule has 0 amide bonds. The molecule has 27 heavy (non-hydrogen) atoms. The van der Waals surface area contributed by atoms with Crippen LogP contribution in [-0.4, -0.2) is 29.3 Å². The Morgan fingerprint density at radius 3 is 3.04 bits per heavy atom. The molecule has 1 saturated heterocycles. The molecule has 3 rings (SSSR count). The minimum absolute atomic E-state index is 0.0168. The molecule has 1 aromatic heterocycles. The second-order valence-corrected chi connectivity index (χ2v) is 6.13. The fourth-order valence-corrected chi connectivity index (χ4v) is 2.76. The SMILES string of the molecule is C#CC(=C)/C=C(\C=C/C)Nc1ncnc2cc(OC3CCOC3)c(N)cc12. The highest BCUT2D eigenvalue weighted by molar-refractivity contribution is 5.93. The molecular formula is C21H22N4O2. The van der Waals surface area contributed by atoms with E-state index in [0.29, 0.717) is 36.0 Å². The van der Waals surface area contributed by atoms with Gasteiger partial charge in [0.15, 0.2) is 0 Å². The summed E-state index contributed by atoms with van der Waals surface area (Å²) < 4.78 is 11.3. The van der Waals surface area contributed by atoms with Crippen molar-refractivity contribution < 1.29 is 9.47 Å². The van der Waals surface area contributed by atoms with Crippen LogP contribution in [0, 0.1) is 12.3 Å². The number of hydrogen-bond acceptors (Lipinski definition) is 6. The number of anilines is 2. The number of nitrogens with zero attached hydrogens (tertiary/aromatic N) is 2. The van der Waals surface area contributed by atoms with Crippen LogP contribution in [-0.2, 0) is 4.74 Å². The Morgan fingerprint density at radius 2 is 2.33 bits per heavy atom. The number of aromatic nitrogens is 2. The van der Waals surface area contributed by atoms with E-state index in [1.165, 1.54) is 6.33 Å². The molecule has 1 aliphatic rings. The molecule has 1 unspecified atom stereocenters. The van der Waals surface area contributed by atoms with Crippen LogP contribution in [0.15, 0.2) is 54.5 Å². The van der Waals surface area contributed by atoms with Gasteiger partial charge >= 0.3 is 0 Å². The van der Waals surface area contributed by atoms with Gasteiger partial charge in [0.25, 0.3) is 0 Å². The van der Waals surface area contributed by atoms with Gasteiger partial charge < -0.3 is 20.5 Å². The lowest BCUT2D eigenvalue weighted by Gasteiger charge is -2.15. The van der Waals surface area contributed by atoms with Gasteiger partial charge in [-0.3, -0.25) is 0 Å². The van der Waals surface area contributed by atoms with Gasteiger partial charge in [-0.25, -0.2) is 9.97 Å². The van der Waals surface area contributed by atoms with Gasteiger partial charge in [0.2, 0.25) is 0 Å². The Labute approximate surface area is 158 Å². The maximum atomic E-state index is 6.21. The summed E-state index contributed by atoms with van der Waals surface area (Å²) in [6.07, 6.45) is 13.3. The van der Waals surface area contributed by atoms with Crippen molar-refractivity contribution >= 4 is 22.4 Å². The number of nitrogen functional groups attached to an aromatic ring is 1. The van der Waals surface area contributed by atoms with Crippen LogP contribution in [0.25, 0.3) is 10.9 Å². The first-order valence-corrected chi connectivity index (χ1v) is 8.66. The molecule has 1 atom stereocenters. The first kappa shape index (κ1) is 18.5. The third-order valence-electron chi connectivity index (χ3n) is 4.07. The predicted octanol–water partition coefficient (Wildman–Crippen LogP) is 3.44. The van der Waals surface area contributed by atoms with Crippen molar-refractivity contribution in [3.63, 3.8) is 0 Å². The monoisotopic (exact) mass is 362 g/mol. The number of benzene rings is 1. The Balaban J connectivity index is 1.94. The lowest BCUT2D eigenvalue weighted by Crippen LogP contribution is -2.16. The van der Waals surface area contributed by atoms with E-state index in [1.807, 2.05) is 31.2 Å². The zero-order valence-electron chi connectivity index (χ0n) is 15.2. The highest BCUT2D eigenvalue weighted by Gasteiger charge is 2.19. The molecule has 0 aliphatic carbocycles. The fourth-order valence-electron chi connectivity index (χ4n) is 2.76. The molecule has 0 bridgehead atoms. The summed E-state index contributed by atoms with van der Waals surface area (Å²) in [5.41, 5.74) is 8.78. The predicted molar refractivity (Wildman–Crippen MR) is 108 cm³/mol.